The molecule has 108 valence electrons. The zero-order valence-corrected chi connectivity index (χ0v) is 12.7. The van der Waals surface area contributed by atoms with Crippen LogP contribution in [0.4, 0.5) is 5.69 Å². The van der Waals surface area contributed by atoms with E-state index in [4.69, 9.17) is 21.8 Å². The molecule has 0 amide bonds. The molecule has 0 saturated heterocycles. The van der Waals surface area contributed by atoms with E-state index in [-0.39, 0.29) is 5.76 Å². The van der Waals surface area contributed by atoms with Gasteiger partial charge in [0.2, 0.25) is 0 Å². The van der Waals surface area contributed by atoms with E-state index >= 15 is 0 Å². The lowest BCUT2D eigenvalue weighted by atomic mass is 10.3. The van der Waals surface area contributed by atoms with Gasteiger partial charge in [-0.1, -0.05) is 23.7 Å². The van der Waals surface area contributed by atoms with E-state index in [1.54, 1.807) is 34.5 Å². The van der Waals surface area contributed by atoms with Gasteiger partial charge in [0.05, 0.1) is 5.52 Å². The second-order valence-electron chi connectivity index (χ2n) is 4.52. The van der Waals surface area contributed by atoms with Crippen LogP contribution in [0.1, 0.15) is 0 Å². The maximum atomic E-state index is 11.8. The lowest BCUT2D eigenvalue weighted by molar-refractivity contribution is 0.514. The van der Waals surface area contributed by atoms with E-state index in [1.807, 2.05) is 24.3 Å². The van der Waals surface area contributed by atoms with Gasteiger partial charge in [0, 0.05) is 27.9 Å². The number of benzene rings is 2. The van der Waals surface area contributed by atoms with Gasteiger partial charge in [-0.05, 0) is 30.3 Å². The minimum atomic E-state index is -0.333. The van der Waals surface area contributed by atoms with Crippen molar-refractivity contribution in [2.24, 2.45) is 0 Å². The number of aromatic nitrogens is 1. The fourth-order valence-corrected chi connectivity index (χ4v) is 3.19. The van der Waals surface area contributed by atoms with Gasteiger partial charge < -0.3 is 10.2 Å². The second-order valence-corrected chi connectivity index (χ2v) is 6.09. The largest absolute Gasteiger partial charge is 0.419 e. The summed E-state index contributed by atoms with van der Waals surface area (Å²) in [5.74, 6) is 0.385. The Morgan fingerprint density at radius 3 is 2.86 bits per heavy atom. The van der Waals surface area contributed by atoms with Gasteiger partial charge in [0.25, 0.3) is 0 Å². The van der Waals surface area contributed by atoms with Crippen LogP contribution in [-0.2, 0) is 6.54 Å². The predicted octanol–water partition coefficient (Wildman–Crippen LogP) is 3.62. The molecule has 21 heavy (non-hydrogen) atoms. The van der Waals surface area contributed by atoms with Crippen molar-refractivity contribution in [2.45, 2.75) is 11.4 Å². The van der Waals surface area contributed by atoms with Crippen LogP contribution >= 0.6 is 23.4 Å². The standard InChI is InChI=1S/C15H13ClN2O2S/c16-10-5-6-14(11(17)9-10)21-8-7-18-12-3-1-2-4-13(12)20-15(18)19/h1-6,9H,7-8,17H2. The van der Waals surface area contributed by atoms with Gasteiger partial charge in [0.15, 0.2) is 5.58 Å². The first kappa shape index (κ1) is 14.1. The van der Waals surface area contributed by atoms with Gasteiger partial charge >= 0.3 is 5.76 Å². The van der Waals surface area contributed by atoms with Crippen LogP contribution < -0.4 is 11.5 Å². The highest BCUT2D eigenvalue weighted by Gasteiger charge is 2.08. The minimum absolute atomic E-state index is 0.333. The van der Waals surface area contributed by atoms with Crippen LogP contribution in [0.15, 0.2) is 56.6 Å². The summed E-state index contributed by atoms with van der Waals surface area (Å²) in [6, 6.07) is 12.8. The summed E-state index contributed by atoms with van der Waals surface area (Å²) >= 11 is 7.46. The Labute approximate surface area is 130 Å². The monoisotopic (exact) mass is 320 g/mol. The van der Waals surface area contributed by atoms with E-state index in [1.165, 1.54) is 0 Å². The fourth-order valence-electron chi connectivity index (χ4n) is 2.12. The van der Waals surface area contributed by atoms with Gasteiger partial charge in [-0.3, -0.25) is 4.57 Å². The number of hydrogen-bond donors (Lipinski definition) is 1. The van der Waals surface area contributed by atoms with Crippen molar-refractivity contribution in [3.8, 4) is 0 Å². The first-order valence-corrected chi connectivity index (χ1v) is 7.78. The Morgan fingerprint density at radius 2 is 2.05 bits per heavy atom. The molecule has 1 aromatic heterocycles. The Bertz CT molecular complexity index is 841. The van der Waals surface area contributed by atoms with Crippen molar-refractivity contribution in [3.63, 3.8) is 0 Å². The molecule has 2 aromatic carbocycles. The van der Waals surface area contributed by atoms with Crippen LogP contribution in [-0.4, -0.2) is 10.3 Å². The number of rotatable bonds is 4. The number of aryl methyl sites for hydroxylation is 1. The van der Waals surface area contributed by atoms with Crippen molar-refractivity contribution in [1.82, 2.24) is 4.57 Å². The van der Waals surface area contributed by atoms with Crippen molar-refractivity contribution in [3.05, 3.63) is 58.0 Å². The number of para-hydroxylation sites is 2. The lowest BCUT2D eigenvalue weighted by Crippen LogP contribution is -2.15. The van der Waals surface area contributed by atoms with Crippen molar-refractivity contribution in [1.29, 1.82) is 0 Å². The molecule has 0 aliphatic rings. The molecule has 0 bridgehead atoms. The molecule has 2 N–H and O–H groups in total. The molecule has 0 radical (unpaired) electrons. The van der Waals surface area contributed by atoms with Crippen molar-refractivity contribution < 1.29 is 4.42 Å². The Morgan fingerprint density at radius 1 is 1.24 bits per heavy atom. The first-order valence-electron chi connectivity index (χ1n) is 6.41. The van der Waals surface area contributed by atoms with Crippen LogP contribution in [0.5, 0.6) is 0 Å². The molecule has 3 aromatic rings. The third-order valence-corrected chi connectivity index (χ3v) is 4.42. The molecule has 0 aliphatic heterocycles. The quantitative estimate of drug-likeness (QED) is 0.589. The minimum Gasteiger partial charge on any atom is -0.408 e. The molecule has 0 unspecified atom stereocenters. The highest BCUT2D eigenvalue weighted by molar-refractivity contribution is 7.99. The third-order valence-electron chi connectivity index (χ3n) is 3.12. The highest BCUT2D eigenvalue weighted by Crippen LogP contribution is 2.27. The van der Waals surface area contributed by atoms with Gasteiger partial charge in [-0.2, -0.15) is 0 Å². The topological polar surface area (TPSA) is 61.2 Å². The molecule has 0 spiro atoms. The molecular weight excluding hydrogens is 308 g/mol. The molecule has 0 saturated carbocycles. The number of hydrogen-bond acceptors (Lipinski definition) is 4. The molecule has 6 heteroatoms. The maximum Gasteiger partial charge on any atom is 0.419 e. The van der Waals surface area contributed by atoms with E-state index in [2.05, 4.69) is 0 Å². The molecule has 4 nitrogen and oxygen atoms in total. The third kappa shape index (κ3) is 2.94. The summed E-state index contributed by atoms with van der Waals surface area (Å²) in [6.45, 7) is 0.558. The van der Waals surface area contributed by atoms with E-state index in [0.29, 0.717) is 22.8 Å². The number of thioether (sulfide) groups is 1. The summed E-state index contributed by atoms with van der Waals surface area (Å²) < 4.78 is 6.83. The smallest absolute Gasteiger partial charge is 0.408 e. The van der Waals surface area contributed by atoms with Crippen LogP contribution in [0, 0.1) is 0 Å². The SMILES string of the molecule is Nc1cc(Cl)ccc1SCCn1c(=O)oc2ccccc21. The van der Waals surface area contributed by atoms with Gasteiger partial charge in [0.1, 0.15) is 0 Å². The number of nitrogens with zero attached hydrogens (tertiary/aromatic N) is 1. The number of fused-ring (bicyclic) bond motifs is 1. The second kappa shape index (κ2) is 5.87. The van der Waals surface area contributed by atoms with E-state index in [9.17, 15) is 4.79 Å². The maximum absolute atomic E-state index is 11.8. The number of nitrogen functional groups attached to an aromatic ring is 1. The number of halogens is 1. The molecule has 0 atom stereocenters. The predicted molar refractivity (Wildman–Crippen MR) is 87.1 cm³/mol. The van der Waals surface area contributed by atoms with Crippen LogP contribution in [0.2, 0.25) is 5.02 Å². The Kier molecular flexibility index (Phi) is 3.94. The van der Waals surface area contributed by atoms with Crippen molar-refractivity contribution >= 4 is 40.1 Å². The van der Waals surface area contributed by atoms with Crippen LogP contribution in [0.3, 0.4) is 0 Å². The Hall–Kier alpha value is -1.85. The number of oxazole rings is 1. The van der Waals surface area contributed by atoms with Crippen LogP contribution in [0.25, 0.3) is 11.1 Å². The summed E-state index contributed by atoms with van der Waals surface area (Å²) in [6.07, 6.45) is 0. The highest BCUT2D eigenvalue weighted by atomic mass is 35.5. The molecule has 0 aliphatic carbocycles. The zero-order valence-electron chi connectivity index (χ0n) is 11.1. The molecule has 1 heterocycles. The fraction of sp³-hybridized carbons (Fsp3) is 0.133. The first-order chi connectivity index (χ1) is 10.1. The zero-order chi connectivity index (χ0) is 14.8. The normalized spacial score (nSPS) is 11.1. The lowest BCUT2D eigenvalue weighted by Gasteiger charge is -2.06. The number of nitrogens with two attached hydrogens (primary N) is 1. The van der Waals surface area contributed by atoms with E-state index < -0.39 is 0 Å². The molecule has 0 fully saturated rings. The summed E-state index contributed by atoms with van der Waals surface area (Å²) in [7, 11) is 0. The average molecular weight is 321 g/mol. The Balaban J connectivity index is 1.75. The van der Waals surface area contributed by atoms with E-state index in [0.717, 1.165) is 16.2 Å². The number of anilines is 1. The summed E-state index contributed by atoms with van der Waals surface area (Å²) in [4.78, 5) is 12.8. The van der Waals surface area contributed by atoms with Crippen molar-refractivity contribution in [2.75, 3.05) is 11.5 Å². The van der Waals surface area contributed by atoms with Gasteiger partial charge in [-0.25, -0.2) is 4.79 Å². The molecular formula is C15H13ClN2O2S. The summed E-state index contributed by atoms with van der Waals surface area (Å²) in [5, 5.41) is 0.619. The summed E-state index contributed by atoms with van der Waals surface area (Å²) in [5.41, 5.74) is 7.98. The van der Waals surface area contributed by atoms with Gasteiger partial charge in [-0.15, -0.1) is 11.8 Å². The molecule has 3 rings (SSSR count). The average Bonchev–Trinajstić information content (AvgIpc) is 2.77.